The predicted molar refractivity (Wildman–Crippen MR) is 103 cm³/mol. The maximum atomic E-state index is 12.3. The van der Waals surface area contributed by atoms with E-state index in [-0.39, 0.29) is 12.5 Å². The lowest BCUT2D eigenvalue weighted by Gasteiger charge is -2.13. The second-order valence-corrected chi connectivity index (χ2v) is 6.42. The van der Waals surface area contributed by atoms with Crippen molar-refractivity contribution in [3.05, 3.63) is 77.0 Å². The molecule has 1 amide bonds. The van der Waals surface area contributed by atoms with Gasteiger partial charge in [0, 0.05) is 6.07 Å². The molecule has 5 nitrogen and oxygen atoms in total. The Kier molecular flexibility index (Phi) is 5.37. The Morgan fingerprint density at radius 2 is 1.73 bits per heavy atom. The second kappa shape index (κ2) is 7.87. The largest absolute Gasteiger partial charge is 0.483 e. The lowest BCUT2D eigenvalue weighted by atomic mass is 10.1. The number of nitrogens with zero attached hydrogens (tertiary/aromatic N) is 2. The number of rotatable bonds is 6. The van der Waals surface area contributed by atoms with Gasteiger partial charge in [-0.15, -0.1) is 0 Å². The zero-order valence-electron chi connectivity index (χ0n) is 15.3. The van der Waals surface area contributed by atoms with Crippen LogP contribution in [0.4, 0.5) is 5.82 Å². The zero-order valence-corrected chi connectivity index (χ0v) is 15.3. The number of hydrogen-bond acceptors (Lipinski definition) is 3. The maximum Gasteiger partial charge on any atom is 0.263 e. The van der Waals surface area contributed by atoms with Gasteiger partial charge in [0.15, 0.2) is 6.61 Å². The molecule has 0 aliphatic heterocycles. The Balaban J connectivity index is 1.61. The molecule has 0 aliphatic rings. The molecule has 0 fully saturated rings. The first kappa shape index (κ1) is 17.7. The van der Waals surface area contributed by atoms with Crippen LogP contribution < -0.4 is 10.1 Å². The summed E-state index contributed by atoms with van der Waals surface area (Å²) >= 11 is 0. The molecule has 0 saturated heterocycles. The van der Waals surface area contributed by atoms with Gasteiger partial charge in [-0.1, -0.05) is 48.0 Å². The Morgan fingerprint density at radius 3 is 2.42 bits per heavy atom. The van der Waals surface area contributed by atoms with E-state index in [0.29, 0.717) is 12.4 Å². The van der Waals surface area contributed by atoms with Crippen LogP contribution in [0.15, 0.2) is 54.7 Å². The molecule has 1 heterocycles. The maximum absolute atomic E-state index is 12.3. The molecule has 0 spiro atoms. The van der Waals surface area contributed by atoms with E-state index in [0.717, 1.165) is 22.4 Å². The summed E-state index contributed by atoms with van der Waals surface area (Å²) in [6, 6.07) is 15.9. The lowest BCUT2D eigenvalue weighted by Crippen LogP contribution is -2.22. The van der Waals surface area contributed by atoms with Crippen LogP contribution in [0.5, 0.6) is 5.75 Å². The van der Waals surface area contributed by atoms with Gasteiger partial charge in [0.2, 0.25) is 0 Å². The van der Waals surface area contributed by atoms with E-state index in [1.165, 1.54) is 5.56 Å². The van der Waals surface area contributed by atoms with Crippen molar-refractivity contribution in [1.29, 1.82) is 0 Å². The highest BCUT2D eigenvalue weighted by Crippen LogP contribution is 2.22. The topological polar surface area (TPSA) is 56.2 Å². The highest BCUT2D eigenvalue weighted by molar-refractivity contribution is 5.91. The number of aromatic nitrogens is 2. The number of nitrogens with one attached hydrogen (secondary N) is 1. The molecule has 1 N–H and O–H groups in total. The van der Waals surface area contributed by atoms with Gasteiger partial charge in [-0.25, -0.2) is 4.68 Å². The standard InChI is InChI=1S/C21H23N3O2/c1-15-7-9-18(10-8-15)13-24-19(11-12-22-24)23-20(25)14-26-21-16(2)5-4-6-17(21)3/h4-12H,13-14H2,1-3H3,(H,23,25). The molecule has 0 atom stereocenters. The van der Waals surface area contributed by atoms with E-state index in [4.69, 9.17) is 4.74 Å². The second-order valence-electron chi connectivity index (χ2n) is 6.42. The third-order valence-electron chi connectivity index (χ3n) is 4.19. The first-order valence-electron chi connectivity index (χ1n) is 8.59. The highest BCUT2D eigenvalue weighted by Gasteiger charge is 2.10. The molecule has 2 aromatic carbocycles. The third kappa shape index (κ3) is 4.30. The zero-order chi connectivity index (χ0) is 18.5. The Morgan fingerprint density at radius 1 is 1.04 bits per heavy atom. The van der Waals surface area contributed by atoms with E-state index >= 15 is 0 Å². The van der Waals surface area contributed by atoms with Crippen molar-refractivity contribution < 1.29 is 9.53 Å². The number of carbonyl (C=O) groups is 1. The van der Waals surface area contributed by atoms with Crippen LogP contribution in [-0.4, -0.2) is 22.3 Å². The lowest BCUT2D eigenvalue weighted by molar-refractivity contribution is -0.118. The molecule has 26 heavy (non-hydrogen) atoms. The van der Waals surface area contributed by atoms with Crippen LogP contribution in [0, 0.1) is 20.8 Å². The summed E-state index contributed by atoms with van der Waals surface area (Å²) in [5.74, 6) is 1.20. The van der Waals surface area contributed by atoms with E-state index < -0.39 is 0 Å². The van der Waals surface area contributed by atoms with Crippen LogP contribution in [0.25, 0.3) is 0 Å². The Hall–Kier alpha value is -3.08. The quantitative estimate of drug-likeness (QED) is 0.735. The van der Waals surface area contributed by atoms with Crippen LogP contribution in [0.2, 0.25) is 0 Å². The fraction of sp³-hybridized carbons (Fsp3) is 0.238. The summed E-state index contributed by atoms with van der Waals surface area (Å²) < 4.78 is 7.47. The van der Waals surface area contributed by atoms with Crippen molar-refractivity contribution in [2.24, 2.45) is 0 Å². The Bertz CT molecular complexity index is 878. The number of anilines is 1. The minimum Gasteiger partial charge on any atom is -0.483 e. The molecule has 1 aromatic heterocycles. The van der Waals surface area contributed by atoms with Crippen molar-refractivity contribution in [2.75, 3.05) is 11.9 Å². The number of carbonyl (C=O) groups excluding carboxylic acids is 1. The van der Waals surface area contributed by atoms with Gasteiger partial charge >= 0.3 is 0 Å². The average Bonchev–Trinajstić information content (AvgIpc) is 3.03. The third-order valence-corrected chi connectivity index (χ3v) is 4.19. The van der Waals surface area contributed by atoms with Crippen molar-refractivity contribution in [2.45, 2.75) is 27.3 Å². The van der Waals surface area contributed by atoms with Gasteiger partial charge in [0.05, 0.1) is 12.7 Å². The monoisotopic (exact) mass is 349 g/mol. The minimum absolute atomic E-state index is 0.0403. The van der Waals surface area contributed by atoms with Crippen LogP contribution in [-0.2, 0) is 11.3 Å². The molecule has 0 bridgehead atoms. The SMILES string of the molecule is Cc1ccc(Cn2nccc2NC(=O)COc2c(C)cccc2C)cc1. The fourth-order valence-electron chi connectivity index (χ4n) is 2.77. The molecular weight excluding hydrogens is 326 g/mol. The minimum atomic E-state index is -0.210. The number of para-hydroxylation sites is 1. The smallest absolute Gasteiger partial charge is 0.263 e. The van der Waals surface area contributed by atoms with Gasteiger partial charge in [-0.2, -0.15) is 5.10 Å². The van der Waals surface area contributed by atoms with Gasteiger partial charge in [-0.3, -0.25) is 4.79 Å². The molecule has 134 valence electrons. The van der Waals surface area contributed by atoms with E-state index in [1.54, 1.807) is 16.9 Å². The molecule has 0 radical (unpaired) electrons. The van der Waals surface area contributed by atoms with Gasteiger partial charge in [0.1, 0.15) is 11.6 Å². The highest BCUT2D eigenvalue weighted by atomic mass is 16.5. The summed E-state index contributed by atoms with van der Waals surface area (Å²) in [6.45, 7) is 6.55. The molecule has 3 aromatic rings. The Labute approximate surface area is 153 Å². The molecule has 0 saturated carbocycles. The predicted octanol–water partition coefficient (Wildman–Crippen LogP) is 3.87. The van der Waals surface area contributed by atoms with Gasteiger partial charge in [0.25, 0.3) is 5.91 Å². The van der Waals surface area contributed by atoms with Crippen molar-refractivity contribution in [1.82, 2.24) is 9.78 Å². The molecule has 5 heteroatoms. The number of ether oxygens (including phenoxy) is 1. The first-order valence-corrected chi connectivity index (χ1v) is 8.59. The van der Waals surface area contributed by atoms with E-state index in [2.05, 4.69) is 41.6 Å². The summed E-state index contributed by atoms with van der Waals surface area (Å²) in [6.07, 6.45) is 1.68. The normalized spacial score (nSPS) is 10.6. The number of benzene rings is 2. The van der Waals surface area contributed by atoms with Crippen molar-refractivity contribution in [3.8, 4) is 5.75 Å². The van der Waals surface area contributed by atoms with E-state index in [1.807, 2.05) is 32.0 Å². The summed E-state index contributed by atoms with van der Waals surface area (Å²) in [7, 11) is 0. The van der Waals surface area contributed by atoms with Crippen molar-refractivity contribution in [3.63, 3.8) is 0 Å². The van der Waals surface area contributed by atoms with Gasteiger partial charge < -0.3 is 10.1 Å². The number of aryl methyl sites for hydroxylation is 3. The first-order chi connectivity index (χ1) is 12.5. The average molecular weight is 349 g/mol. The van der Waals surface area contributed by atoms with Crippen LogP contribution in [0.3, 0.4) is 0 Å². The fourth-order valence-corrected chi connectivity index (χ4v) is 2.77. The number of hydrogen-bond donors (Lipinski definition) is 1. The molecule has 0 unspecified atom stereocenters. The molecular formula is C21H23N3O2. The number of amides is 1. The van der Waals surface area contributed by atoms with Gasteiger partial charge in [-0.05, 0) is 37.5 Å². The van der Waals surface area contributed by atoms with Crippen LogP contribution in [0.1, 0.15) is 22.3 Å². The van der Waals surface area contributed by atoms with Crippen molar-refractivity contribution >= 4 is 11.7 Å². The summed E-state index contributed by atoms with van der Waals surface area (Å²) in [4.78, 5) is 12.3. The van der Waals surface area contributed by atoms with Crippen LogP contribution >= 0.6 is 0 Å². The summed E-state index contributed by atoms with van der Waals surface area (Å²) in [5, 5.41) is 7.16. The summed E-state index contributed by atoms with van der Waals surface area (Å²) in [5.41, 5.74) is 4.37. The molecule has 3 rings (SSSR count). The van der Waals surface area contributed by atoms with E-state index in [9.17, 15) is 4.79 Å². The molecule has 0 aliphatic carbocycles.